The fraction of sp³-hybridized carbons (Fsp3) is 0.391. The standard InChI is InChI=1S/C23H30N2O4.H2/c1-6-17-7-10-19(11-8-17)22(25-28-5)23(26)24-14-13-18-9-12-20(29-16(2)3)21(15-18)27-4;/h7-12,15-16H,6,13-14H2,1-5H3,(H,24,26);1H/b25-22-;. The van der Waals surface area contributed by atoms with Gasteiger partial charge in [0.15, 0.2) is 17.2 Å². The van der Waals surface area contributed by atoms with Crippen molar-refractivity contribution >= 4 is 11.6 Å². The Morgan fingerprint density at radius 2 is 1.76 bits per heavy atom. The lowest BCUT2D eigenvalue weighted by atomic mass is 10.1. The number of rotatable bonds is 10. The van der Waals surface area contributed by atoms with Crippen LogP contribution in [0.25, 0.3) is 0 Å². The molecule has 1 amide bonds. The van der Waals surface area contributed by atoms with E-state index in [4.69, 9.17) is 14.3 Å². The number of nitrogens with one attached hydrogen (secondary N) is 1. The molecule has 0 aliphatic rings. The second-order valence-corrected chi connectivity index (χ2v) is 6.83. The van der Waals surface area contributed by atoms with Crippen LogP contribution >= 0.6 is 0 Å². The number of aryl methyl sites for hydroxylation is 1. The Kier molecular flexibility index (Phi) is 8.52. The molecule has 0 saturated heterocycles. The molecular weight excluding hydrogens is 368 g/mol. The summed E-state index contributed by atoms with van der Waals surface area (Å²) in [4.78, 5) is 17.5. The minimum atomic E-state index is -0.275. The Morgan fingerprint density at radius 1 is 1.07 bits per heavy atom. The summed E-state index contributed by atoms with van der Waals surface area (Å²) in [6.45, 7) is 6.49. The molecule has 0 bridgehead atoms. The van der Waals surface area contributed by atoms with Gasteiger partial charge in [-0.2, -0.15) is 0 Å². The predicted octanol–water partition coefficient (Wildman–Crippen LogP) is 4.00. The Balaban J connectivity index is 0.00000450. The molecule has 29 heavy (non-hydrogen) atoms. The summed E-state index contributed by atoms with van der Waals surface area (Å²) in [5.41, 5.74) is 3.22. The van der Waals surface area contributed by atoms with Gasteiger partial charge >= 0.3 is 0 Å². The number of oxime groups is 1. The monoisotopic (exact) mass is 400 g/mol. The molecule has 0 aromatic heterocycles. The first-order valence-electron chi connectivity index (χ1n) is 9.80. The molecule has 0 fully saturated rings. The van der Waals surface area contributed by atoms with E-state index in [1.165, 1.54) is 12.7 Å². The second-order valence-electron chi connectivity index (χ2n) is 6.83. The number of amides is 1. The molecule has 0 atom stereocenters. The van der Waals surface area contributed by atoms with Gasteiger partial charge in [0, 0.05) is 13.5 Å². The van der Waals surface area contributed by atoms with Crippen molar-refractivity contribution < 1.29 is 20.5 Å². The van der Waals surface area contributed by atoms with Crippen molar-refractivity contribution in [3.8, 4) is 11.5 Å². The van der Waals surface area contributed by atoms with Gasteiger partial charge in [-0.05, 0) is 49.9 Å². The van der Waals surface area contributed by atoms with Crippen LogP contribution in [0.1, 0.15) is 38.9 Å². The van der Waals surface area contributed by atoms with E-state index >= 15 is 0 Å². The zero-order chi connectivity index (χ0) is 21.2. The van der Waals surface area contributed by atoms with E-state index in [0.717, 1.165) is 17.5 Å². The number of hydrogen-bond donors (Lipinski definition) is 1. The van der Waals surface area contributed by atoms with Crippen molar-refractivity contribution in [2.45, 2.75) is 39.7 Å². The van der Waals surface area contributed by atoms with Gasteiger partial charge < -0.3 is 19.6 Å². The van der Waals surface area contributed by atoms with Gasteiger partial charge in [0.25, 0.3) is 5.91 Å². The molecule has 0 saturated carbocycles. The molecule has 1 N–H and O–H groups in total. The van der Waals surface area contributed by atoms with Gasteiger partial charge in [-0.1, -0.05) is 42.4 Å². The van der Waals surface area contributed by atoms with E-state index in [1.54, 1.807) is 7.11 Å². The highest BCUT2D eigenvalue weighted by atomic mass is 16.6. The lowest BCUT2D eigenvalue weighted by molar-refractivity contribution is -0.114. The van der Waals surface area contributed by atoms with Crippen molar-refractivity contribution in [3.05, 3.63) is 59.2 Å². The summed E-state index contributed by atoms with van der Waals surface area (Å²) in [6, 6.07) is 13.5. The lowest BCUT2D eigenvalue weighted by Gasteiger charge is -2.14. The summed E-state index contributed by atoms with van der Waals surface area (Å²) in [6.07, 6.45) is 1.66. The molecule has 2 aromatic rings. The van der Waals surface area contributed by atoms with Crippen LogP contribution in [0.2, 0.25) is 0 Å². The van der Waals surface area contributed by atoms with Crippen molar-refractivity contribution in [1.82, 2.24) is 5.32 Å². The van der Waals surface area contributed by atoms with E-state index in [1.807, 2.05) is 56.3 Å². The molecule has 0 heterocycles. The van der Waals surface area contributed by atoms with Crippen LogP contribution in [0.4, 0.5) is 0 Å². The number of carbonyl (C=O) groups is 1. The van der Waals surface area contributed by atoms with Gasteiger partial charge in [0.2, 0.25) is 0 Å². The van der Waals surface area contributed by atoms with Crippen LogP contribution in [0.5, 0.6) is 11.5 Å². The Morgan fingerprint density at radius 3 is 2.34 bits per heavy atom. The van der Waals surface area contributed by atoms with Crippen molar-refractivity contribution in [1.29, 1.82) is 0 Å². The number of benzene rings is 2. The van der Waals surface area contributed by atoms with Crippen LogP contribution in [-0.2, 0) is 22.5 Å². The van der Waals surface area contributed by atoms with Gasteiger partial charge in [0.1, 0.15) is 7.11 Å². The number of methoxy groups -OCH3 is 1. The Hall–Kier alpha value is -3.02. The Bertz CT molecular complexity index is 836. The first kappa shape index (κ1) is 22.3. The summed E-state index contributed by atoms with van der Waals surface area (Å²) < 4.78 is 11.1. The highest BCUT2D eigenvalue weighted by Gasteiger charge is 2.15. The van der Waals surface area contributed by atoms with E-state index in [0.29, 0.717) is 24.5 Å². The second kappa shape index (κ2) is 11.1. The van der Waals surface area contributed by atoms with Crippen molar-refractivity contribution in [3.63, 3.8) is 0 Å². The third-order valence-electron chi connectivity index (χ3n) is 4.32. The van der Waals surface area contributed by atoms with E-state index in [2.05, 4.69) is 17.4 Å². The molecule has 0 aliphatic heterocycles. The van der Waals surface area contributed by atoms with E-state index in [9.17, 15) is 4.79 Å². The first-order chi connectivity index (χ1) is 14.0. The first-order valence-corrected chi connectivity index (χ1v) is 9.80. The van der Waals surface area contributed by atoms with Crippen LogP contribution in [-0.4, -0.2) is 38.5 Å². The molecule has 158 valence electrons. The summed E-state index contributed by atoms with van der Waals surface area (Å²) in [5.74, 6) is 1.11. The average molecular weight is 401 g/mol. The third-order valence-corrected chi connectivity index (χ3v) is 4.32. The number of ether oxygens (including phenoxy) is 2. The van der Waals surface area contributed by atoms with Gasteiger partial charge in [-0.25, -0.2) is 0 Å². The summed E-state index contributed by atoms with van der Waals surface area (Å²) >= 11 is 0. The molecule has 2 aromatic carbocycles. The van der Waals surface area contributed by atoms with Crippen LogP contribution in [0, 0.1) is 0 Å². The molecule has 0 spiro atoms. The van der Waals surface area contributed by atoms with Gasteiger partial charge in [-0.15, -0.1) is 0 Å². The smallest absolute Gasteiger partial charge is 0.273 e. The highest BCUT2D eigenvalue weighted by Crippen LogP contribution is 2.29. The van der Waals surface area contributed by atoms with E-state index < -0.39 is 0 Å². The molecular formula is C23H32N2O4. The normalized spacial score (nSPS) is 11.3. The Labute approximate surface area is 174 Å². The summed E-state index contributed by atoms with van der Waals surface area (Å²) in [5, 5.41) is 6.82. The maximum atomic E-state index is 12.6. The minimum Gasteiger partial charge on any atom is -0.493 e. The SMILES string of the molecule is CCc1ccc(/C(=N/OC)C(=O)NCCc2ccc(OC(C)C)c(OC)c2)cc1.[HH]. The maximum absolute atomic E-state index is 12.6. The largest absolute Gasteiger partial charge is 0.493 e. The average Bonchev–Trinajstić information content (AvgIpc) is 2.72. The van der Waals surface area contributed by atoms with E-state index in [-0.39, 0.29) is 19.1 Å². The molecule has 0 radical (unpaired) electrons. The number of hydrogen-bond acceptors (Lipinski definition) is 5. The molecule has 0 aliphatic carbocycles. The van der Waals surface area contributed by atoms with Gasteiger partial charge in [-0.3, -0.25) is 4.79 Å². The lowest BCUT2D eigenvalue weighted by Crippen LogP contribution is -2.33. The molecule has 0 unspecified atom stereocenters. The number of carbonyl (C=O) groups excluding carboxylic acids is 1. The number of nitrogens with zero attached hydrogens (tertiary/aromatic N) is 1. The highest BCUT2D eigenvalue weighted by molar-refractivity contribution is 6.45. The third kappa shape index (κ3) is 6.52. The molecule has 6 heteroatoms. The minimum absolute atomic E-state index is 0. The predicted molar refractivity (Wildman–Crippen MR) is 117 cm³/mol. The topological polar surface area (TPSA) is 69.2 Å². The quantitative estimate of drug-likeness (QED) is 0.483. The zero-order valence-electron chi connectivity index (χ0n) is 17.8. The molecule has 2 rings (SSSR count). The van der Waals surface area contributed by atoms with Crippen LogP contribution < -0.4 is 14.8 Å². The fourth-order valence-electron chi connectivity index (χ4n) is 2.84. The van der Waals surface area contributed by atoms with Crippen molar-refractivity contribution in [2.75, 3.05) is 20.8 Å². The van der Waals surface area contributed by atoms with Crippen LogP contribution in [0.3, 0.4) is 0 Å². The maximum Gasteiger partial charge on any atom is 0.273 e. The van der Waals surface area contributed by atoms with Crippen LogP contribution in [0.15, 0.2) is 47.6 Å². The zero-order valence-corrected chi connectivity index (χ0v) is 17.8. The summed E-state index contributed by atoms with van der Waals surface area (Å²) in [7, 11) is 3.05. The van der Waals surface area contributed by atoms with Gasteiger partial charge in [0.05, 0.1) is 13.2 Å². The fourth-order valence-corrected chi connectivity index (χ4v) is 2.84. The molecule has 6 nitrogen and oxygen atoms in total. The van der Waals surface area contributed by atoms with Crippen molar-refractivity contribution in [2.24, 2.45) is 5.16 Å².